The lowest BCUT2D eigenvalue weighted by Crippen LogP contribution is -2.22. The minimum Gasteiger partial charge on any atom is -0.324 e. The van der Waals surface area contributed by atoms with Crippen LogP contribution in [0.1, 0.15) is 27.3 Å². The lowest BCUT2D eigenvalue weighted by molar-refractivity contribution is -0.116. The van der Waals surface area contributed by atoms with Crippen molar-refractivity contribution in [2.45, 2.75) is 20.4 Å². The zero-order valence-electron chi connectivity index (χ0n) is 16.6. The summed E-state index contributed by atoms with van der Waals surface area (Å²) in [5.74, 6) is -0.192. The van der Waals surface area contributed by atoms with Crippen molar-refractivity contribution in [3.05, 3.63) is 93.7 Å². The summed E-state index contributed by atoms with van der Waals surface area (Å²) in [6, 6.07) is 20.4. The molecule has 30 heavy (non-hydrogen) atoms. The number of halogens is 1. The van der Waals surface area contributed by atoms with Crippen LogP contribution in [0.3, 0.4) is 0 Å². The molecule has 0 aliphatic heterocycles. The maximum Gasteiger partial charge on any atom is 0.244 e. The van der Waals surface area contributed by atoms with E-state index in [1.165, 1.54) is 0 Å². The van der Waals surface area contributed by atoms with E-state index in [0.717, 1.165) is 26.8 Å². The SMILES string of the molecule is Cc1ccc(NC(=O)Cn2c(C(=O)c3ccc(Br)cc3)nc3ccccc32)c(C)c1. The van der Waals surface area contributed by atoms with E-state index < -0.39 is 0 Å². The molecule has 1 heterocycles. The fraction of sp³-hybridized carbons (Fsp3) is 0.125. The minimum atomic E-state index is -0.224. The van der Waals surface area contributed by atoms with Crippen molar-refractivity contribution in [2.24, 2.45) is 0 Å². The van der Waals surface area contributed by atoms with Gasteiger partial charge >= 0.3 is 0 Å². The molecule has 150 valence electrons. The van der Waals surface area contributed by atoms with Crippen LogP contribution in [0.4, 0.5) is 5.69 Å². The van der Waals surface area contributed by atoms with Gasteiger partial charge in [0.1, 0.15) is 6.54 Å². The highest BCUT2D eigenvalue weighted by Crippen LogP contribution is 2.21. The van der Waals surface area contributed by atoms with Gasteiger partial charge in [0.15, 0.2) is 5.82 Å². The number of anilines is 1. The molecule has 0 atom stereocenters. The van der Waals surface area contributed by atoms with Crippen LogP contribution >= 0.6 is 15.9 Å². The Hall–Kier alpha value is -3.25. The predicted octanol–water partition coefficient (Wildman–Crippen LogP) is 5.29. The van der Waals surface area contributed by atoms with Crippen molar-refractivity contribution in [3.63, 3.8) is 0 Å². The highest BCUT2D eigenvalue weighted by Gasteiger charge is 2.21. The quantitative estimate of drug-likeness (QED) is 0.410. The van der Waals surface area contributed by atoms with Crippen molar-refractivity contribution in [1.29, 1.82) is 0 Å². The van der Waals surface area contributed by atoms with E-state index in [9.17, 15) is 9.59 Å². The number of carbonyl (C=O) groups is 2. The summed E-state index contributed by atoms with van der Waals surface area (Å²) >= 11 is 3.38. The fourth-order valence-corrected chi connectivity index (χ4v) is 3.69. The predicted molar refractivity (Wildman–Crippen MR) is 122 cm³/mol. The highest BCUT2D eigenvalue weighted by molar-refractivity contribution is 9.10. The summed E-state index contributed by atoms with van der Waals surface area (Å²) in [5.41, 5.74) is 4.82. The maximum absolute atomic E-state index is 13.1. The number of hydrogen-bond acceptors (Lipinski definition) is 3. The van der Waals surface area contributed by atoms with Gasteiger partial charge in [0.05, 0.1) is 11.0 Å². The fourth-order valence-electron chi connectivity index (χ4n) is 3.43. The third-order valence-corrected chi connectivity index (χ3v) is 5.45. The van der Waals surface area contributed by atoms with Crippen LogP contribution in [0.5, 0.6) is 0 Å². The monoisotopic (exact) mass is 461 g/mol. The van der Waals surface area contributed by atoms with Crippen molar-refractivity contribution in [3.8, 4) is 0 Å². The Morgan fingerprint density at radius 1 is 1.00 bits per heavy atom. The number of rotatable bonds is 5. The van der Waals surface area contributed by atoms with Crippen molar-refractivity contribution < 1.29 is 9.59 Å². The van der Waals surface area contributed by atoms with Crippen LogP contribution < -0.4 is 5.32 Å². The number of hydrogen-bond donors (Lipinski definition) is 1. The van der Waals surface area contributed by atoms with Gasteiger partial charge in [-0.15, -0.1) is 0 Å². The highest BCUT2D eigenvalue weighted by atomic mass is 79.9. The van der Waals surface area contributed by atoms with Gasteiger partial charge in [-0.2, -0.15) is 0 Å². The Labute approximate surface area is 182 Å². The van der Waals surface area contributed by atoms with Crippen molar-refractivity contribution >= 4 is 44.3 Å². The zero-order chi connectivity index (χ0) is 21.3. The number of nitrogens with one attached hydrogen (secondary N) is 1. The summed E-state index contributed by atoms with van der Waals surface area (Å²) < 4.78 is 2.57. The molecule has 0 bridgehead atoms. The average molecular weight is 462 g/mol. The number of carbonyl (C=O) groups excluding carboxylic acids is 2. The van der Waals surface area contributed by atoms with Crippen LogP contribution in [-0.4, -0.2) is 21.2 Å². The van der Waals surface area contributed by atoms with E-state index in [1.54, 1.807) is 16.7 Å². The number of fused-ring (bicyclic) bond motifs is 1. The molecular weight excluding hydrogens is 442 g/mol. The standard InChI is InChI=1S/C24H20BrN3O2/c1-15-7-12-19(16(2)13-15)26-22(29)14-28-21-6-4-3-5-20(21)27-24(28)23(30)17-8-10-18(25)11-9-17/h3-13H,14H2,1-2H3,(H,26,29). The molecule has 1 aromatic heterocycles. The van der Waals surface area contributed by atoms with Gasteiger partial charge in [0.25, 0.3) is 0 Å². The lowest BCUT2D eigenvalue weighted by atomic mass is 10.1. The molecule has 4 aromatic rings. The van der Waals surface area contributed by atoms with Gasteiger partial charge in [-0.25, -0.2) is 4.98 Å². The molecule has 0 saturated heterocycles. The molecule has 0 aliphatic carbocycles. The summed E-state index contributed by atoms with van der Waals surface area (Å²) in [5, 5.41) is 2.95. The summed E-state index contributed by atoms with van der Waals surface area (Å²) in [4.78, 5) is 30.5. The van der Waals surface area contributed by atoms with Gasteiger partial charge in [0.2, 0.25) is 11.7 Å². The van der Waals surface area contributed by atoms with Gasteiger partial charge in [-0.1, -0.05) is 45.8 Å². The van der Waals surface area contributed by atoms with Gasteiger partial charge in [0, 0.05) is 15.7 Å². The summed E-state index contributed by atoms with van der Waals surface area (Å²) in [6.07, 6.45) is 0. The van der Waals surface area contributed by atoms with Crippen LogP contribution in [0, 0.1) is 13.8 Å². The van der Waals surface area contributed by atoms with Gasteiger partial charge < -0.3 is 9.88 Å². The van der Waals surface area contributed by atoms with Crippen LogP contribution in [0.25, 0.3) is 11.0 Å². The molecule has 1 amide bonds. The zero-order valence-corrected chi connectivity index (χ0v) is 18.2. The summed E-state index contributed by atoms with van der Waals surface area (Å²) in [7, 11) is 0. The Morgan fingerprint density at radius 2 is 1.73 bits per heavy atom. The third-order valence-electron chi connectivity index (χ3n) is 4.92. The van der Waals surface area contributed by atoms with E-state index in [1.807, 2.05) is 68.4 Å². The molecular formula is C24H20BrN3O2. The van der Waals surface area contributed by atoms with E-state index in [4.69, 9.17) is 0 Å². The number of benzene rings is 3. The molecule has 0 spiro atoms. The second-order valence-corrected chi connectivity index (χ2v) is 8.13. The number of para-hydroxylation sites is 2. The molecule has 4 rings (SSSR count). The van der Waals surface area contributed by atoms with Crippen LogP contribution in [0.2, 0.25) is 0 Å². The molecule has 0 saturated carbocycles. The minimum absolute atomic E-state index is 0.00850. The molecule has 0 radical (unpaired) electrons. The maximum atomic E-state index is 13.1. The smallest absolute Gasteiger partial charge is 0.244 e. The number of nitrogens with zero attached hydrogens (tertiary/aromatic N) is 2. The van der Waals surface area contributed by atoms with Gasteiger partial charge in [-0.05, 0) is 61.9 Å². The Balaban J connectivity index is 1.68. The van der Waals surface area contributed by atoms with E-state index in [-0.39, 0.29) is 24.1 Å². The Morgan fingerprint density at radius 3 is 2.47 bits per heavy atom. The van der Waals surface area contributed by atoms with Gasteiger partial charge in [-0.3, -0.25) is 9.59 Å². The molecule has 6 heteroatoms. The average Bonchev–Trinajstić information content (AvgIpc) is 3.08. The van der Waals surface area contributed by atoms with Crippen LogP contribution in [0.15, 0.2) is 71.2 Å². The first-order valence-electron chi connectivity index (χ1n) is 9.55. The molecule has 0 unspecified atom stereocenters. The largest absolute Gasteiger partial charge is 0.324 e. The number of imidazole rings is 1. The van der Waals surface area contributed by atoms with Crippen molar-refractivity contribution in [2.75, 3.05) is 5.32 Å². The Kier molecular flexibility index (Phi) is 5.50. The molecule has 5 nitrogen and oxygen atoms in total. The van der Waals surface area contributed by atoms with E-state index >= 15 is 0 Å². The van der Waals surface area contributed by atoms with E-state index in [0.29, 0.717) is 11.1 Å². The van der Waals surface area contributed by atoms with Crippen LogP contribution in [-0.2, 0) is 11.3 Å². The lowest BCUT2D eigenvalue weighted by Gasteiger charge is -2.12. The molecule has 1 N–H and O–H groups in total. The summed E-state index contributed by atoms with van der Waals surface area (Å²) in [6.45, 7) is 3.96. The first-order valence-corrected chi connectivity index (χ1v) is 10.3. The third kappa shape index (κ3) is 4.04. The molecule has 3 aromatic carbocycles. The Bertz CT molecular complexity index is 1260. The number of ketones is 1. The molecule has 0 fully saturated rings. The number of aromatic nitrogens is 2. The molecule has 0 aliphatic rings. The van der Waals surface area contributed by atoms with Crippen molar-refractivity contribution in [1.82, 2.24) is 9.55 Å². The van der Waals surface area contributed by atoms with E-state index in [2.05, 4.69) is 26.2 Å². The number of aryl methyl sites for hydroxylation is 2. The number of amides is 1. The second kappa shape index (κ2) is 8.24. The second-order valence-electron chi connectivity index (χ2n) is 7.21. The first-order chi connectivity index (χ1) is 14.4. The normalized spacial score (nSPS) is 10.9. The first kappa shape index (κ1) is 20.0. The topological polar surface area (TPSA) is 64.0 Å².